The number of rotatable bonds is 12. The van der Waals surface area contributed by atoms with Gasteiger partial charge in [0.1, 0.15) is 0 Å². The maximum atomic E-state index is 13.1. The molecule has 0 atom stereocenters. The van der Waals surface area contributed by atoms with Gasteiger partial charge >= 0.3 is 0 Å². The Morgan fingerprint density at radius 2 is 0.957 bits per heavy atom. The summed E-state index contributed by atoms with van der Waals surface area (Å²) >= 11 is 0. The van der Waals surface area contributed by atoms with Crippen LogP contribution in [0.4, 0.5) is 0 Å². The van der Waals surface area contributed by atoms with E-state index in [0.717, 1.165) is 19.5 Å². The SMILES string of the molecule is CN(CCCN(C)CCNC(=O)c1cccc2c(=O)c3ccccc3[nH]c12)CCNC(=O)c1cccc2c(=O)c3ccccc3[nH]c12. The van der Waals surface area contributed by atoms with Crippen LogP contribution < -0.4 is 21.5 Å². The summed E-state index contributed by atoms with van der Waals surface area (Å²) in [5.41, 5.74) is 3.21. The summed E-state index contributed by atoms with van der Waals surface area (Å²) in [6.45, 7) is 3.99. The zero-order valence-electron chi connectivity index (χ0n) is 26.6. The molecule has 0 spiro atoms. The Balaban J connectivity index is 0.940. The lowest BCUT2D eigenvalue weighted by Crippen LogP contribution is -2.36. The Morgan fingerprint density at radius 3 is 1.40 bits per heavy atom. The number of carbonyl (C=O) groups is 2. The minimum absolute atomic E-state index is 0.0905. The molecule has 0 unspecified atom stereocenters. The van der Waals surface area contributed by atoms with Gasteiger partial charge in [-0.05, 0) is 82.1 Å². The highest BCUT2D eigenvalue weighted by molar-refractivity contribution is 6.08. The summed E-state index contributed by atoms with van der Waals surface area (Å²) in [4.78, 5) is 62.9. The number of nitrogens with one attached hydrogen (secondary N) is 4. The molecule has 10 heteroatoms. The molecular formula is C37H38N6O4. The topological polar surface area (TPSA) is 130 Å². The maximum absolute atomic E-state index is 13.1. The Hall–Kier alpha value is -5.32. The molecule has 0 aliphatic rings. The second kappa shape index (κ2) is 14.0. The van der Waals surface area contributed by atoms with Gasteiger partial charge in [-0.1, -0.05) is 36.4 Å². The largest absolute Gasteiger partial charge is 0.354 e. The lowest BCUT2D eigenvalue weighted by atomic mass is 10.1. The molecule has 0 radical (unpaired) electrons. The predicted molar refractivity (Wildman–Crippen MR) is 188 cm³/mol. The van der Waals surface area contributed by atoms with Crippen molar-refractivity contribution in [3.63, 3.8) is 0 Å². The van der Waals surface area contributed by atoms with E-state index in [1.54, 1.807) is 48.5 Å². The summed E-state index contributed by atoms with van der Waals surface area (Å²) in [7, 11) is 4.04. The summed E-state index contributed by atoms with van der Waals surface area (Å²) in [6, 6.07) is 25.0. The fourth-order valence-electron chi connectivity index (χ4n) is 6.02. The molecule has 10 nitrogen and oxygen atoms in total. The van der Waals surface area contributed by atoms with Gasteiger partial charge in [0, 0.05) is 58.8 Å². The summed E-state index contributed by atoms with van der Waals surface area (Å²) < 4.78 is 0. The van der Waals surface area contributed by atoms with E-state index in [1.165, 1.54) is 0 Å². The zero-order chi connectivity index (χ0) is 32.9. The number of pyridine rings is 2. The molecule has 6 aromatic rings. The molecule has 0 saturated heterocycles. The van der Waals surface area contributed by atoms with E-state index < -0.39 is 0 Å². The van der Waals surface area contributed by atoms with Crippen molar-refractivity contribution in [2.24, 2.45) is 0 Å². The van der Waals surface area contributed by atoms with Gasteiger partial charge in [-0.15, -0.1) is 0 Å². The molecule has 2 heterocycles. The van der Waals surface area contributed by atoms with Gasteiger partial charge in [-0.3, -0.25) is 19.2 Å². The standard InChI is InChI=1S/C37H38N6O4/c1-42(22-18-38-36(46)28-14-7-12-26-32(28)40-30-16-5-3-10-24(30)34(26)44)20-9-21-43(2)23-19-39-37(47)29-15-8-13-27-33(29)41-31-17-6-4-11-25(31)35(27)45/h3-8,10-17H,9,18-23H2,1-2H3,(H,38,46)(H,39,47)(H,40,44)(H,41,45). The molecule has 0 aliphatic carbocycles. The van der Waals surface area contributed by atoms with E-state index in [9.17, 15) is 19.2 Å². The molecule has 0 bridgehead atoms. The molecule has 2 aromatic heterocycles. The van der Waals surface area contributed by atoms with Crippen LogP contribution in [-0.2, 0) is 0 Å². The molecule has 6 rings (SSSR count). The van der Waals surface area contributed by atoms with Crippen LogP contribution in [0.3, 0.4) is 0 Å². The fourth-order valence-corrected chi connectivity index (χ4v) is 6.02. The Kier molecular flexibility index (Phi) is 9.42. The van der Waals surface area contributed by atoms with Crippen LogP contribution in [0.15, 0.2) is 94.5 Å². The highest BCUT2D eigenvalue weighted by Crippen LogP contribution is 2.19. The van der Waals surface area contributed by atoms with Gasteiger partial charge in [0.25, 0.3) is 11.8 Å². The third kappa shape index (κ3) is 6.79. The van der Waals surface area contributed by atoms with E-state index in [4.69, 9.17) is 0 Å². The van der Waals surface area contributed by atoms with Crippen molar-refractivity contribution < 1.29 is 9.59 Å². The molecule has 0 saturated carbocycles. The number of H-pyrrole nitrogens is 2. The van der Waals surface area contributed by atoms with Crippen molar-refractivity contribution in [3.8, 4) is 0 Å². The molecule has 0 aliphatic heterocycles. The molecule has 47 heavy (non-hydrogen) atoms. The van der Waals surface area contributed by atoms with Crippen molar-refractivity contribution in [2.75, 3.05) is 53.4 Å². The number of benzene rings is 4. The highest BCUT2D eigenvalue weighted by Gasteiger charge is 2.15. The van der Waals surface area contributed by atoms with Gasteiger partial charge < -0.3 is 30.4 Å². The lowest BCUT2D eigenvalue weighted by molar-refractivity contribution is 0.0944. The second-order valence-corrected chi connectivity index (χ2v) is 11.9. The summed E-state index contributed by atoms with van der Waals surface area (Å²) in [5.74, 6) is -0.445. The van der Waals surface area contributed by atoms with Crippen LogP contribution in [0.1, 0.15) is 27.1 Å². The monoisotopic (exact) mass is 630 g/mol. The van der Waals surface area contributed by atoms with Crippen LogP contribution in [0.2, 0.25) is 0 Å². The van der Waals surface area contributed by atoms with Crippen molar-refractivity contribution in [3.05, 3.63) is 117 Å². The molecule has 2 amide bonds. The van der Waals surface area contributed by atoms with Gasteiger partial charge in [0.15, 0.2) is 10.9 Å². The lowest BCUT2D eigenvalue weighted by Gasteiger charge is -2.20. The first-order valence-electron chi connectivity index (χ1n) is 15.8. The van der Waals surface area contributed by atoms with E-state index in [-0.39, 0.29) is 22.7 Å². The number of aromatic nitrogens is 2. The Labute approximate surface area is 271 Å². The molecule has 4 N–H and O–H groups in total. The molecule has 0 fully saturated rings. The number of amides is 2. The normalized spacial score (nSPS) is 11.7. The number of nitrogens with zero attached hydrogens (tertiary/aromatic N) is 2. The third-order valence-electron chi connectivity index (χ3n) is 8.61. The Bertz CT molecular complexity index is 2070. The number of carbonyl (C=O) groups excluding carboxylic acids is 2. The zero-order valence-corrected chi connectivity index (χ0v) is 26.6. The average molecular weight is 631 g/mol. The minimum Gasteiger partial charge on any atom is -0.354 e. The fraction of sp³-hybridized carbons (Fsp3) is 0.243. The Morgan fingerprint density at radius 1 is 0.553 bits per heavy atom. The maximum Gasteiger partial charge on any atom is 0.253 e. The second-order valence-electron chi connectivity index (χ2n) is 11.9. The molecule has 4 aromatic carbocycles. The van der Waals surface area contributed by atoms with E-state index >= 15 is 0 Å². The highest BCUT2D eigenvalue weighted by atomic mass is 16.2. The van der Waals surface area contributed by atoms with Crippen molar-refractivity contribution >= 4 is 55.4 Å². The number of hydrogen-bond acceptors (Lipinski definition) is 6. The van der Waals surface area contributed by atoms with Crippen LogP contribution in [-0.4, -0.2) is 84.9 Å². The first-order chi connectivity index (χ1) is 22.8. The van der Waals surface area contributed by atoms with Crippen LogP contribution in [0.5, 0.6) is 0 Å². The number of hydrogen-bond donors (Lipinski definition) is 4. The van der Waals surface area contributed by atoms with E-state index in [0.29, 0.717) is 80.9 Å². The third-order valence-corrected chi connectivity index (χ3v) is 8.61. The summed E-state index contributed by atoms with van der Waals surface area (Å²) in [6.07, 6.45) is 0.921. The first-order valence-corrected chi connectivity index (χ1v) is 15.8. The quantitative estimate of drug-likeness (QED) is 0.151. The van der Waals surface area contributed by atoms with Crippen LogP contribution in [0, 0.1) is 0 Å². The minimum atomic E-state index is -0.222. The number of para-hydroxylation sites is 4. The predicted octanol–water partition coefficient (Wildman–Crippen LogP) is 4.09. The van der Waals surface area contributed by atoms with Crippen LogP contribution in [0.25, 0.3) is 43.6 Å². The van der Waals surface area contributed by atoms with E-state index in [1.807, 2.05) is 50.5 Å². The van der Waals surface area contributed by atoms with E-state index in [2.05, 4.69) is 30.4 Å². The molecular weight excluding hydrogens is 592 g/mol. The number of fused-ring (bicyclic) bond motifs is 4. The summed E-state index contributed by atoms with van der Waals surface area (Å²) in [5, 5.41) is 8.17. The smallest absolute Gasteiger partial charge is 0.253 e. The number of aromatic amines is 2. The molecule has 240 valence electrons. The number of likely N-dealkylation sites (N-methyl/N-ethyl adjacent to an activating group) is 2. The van der Waals surface area contributed by atoms with Gasteiger partial charge in [-0.25, -0.2) is 0 Å². The van der Waals surface area contributed by atoms with Gasteiger partial charge in [0.2, 0.25) is 0 Å². The van der Waals surface area contributed by atoms with Crippen molar-refractivity contribution in [2.45, 2.75) is 6.42 Å². The average Bonchev–Trinajstić information content (AvgIpc) is 3.08. The van der Waals surface area contributed by atoms with Crippen molar-refractivity contribution in [1.82, 2.24) is 30.4 Å². The van der Waals surface area contributed by atoms with Crippen LogP contribution >= 0.6 is 0 Å². The van der Waals surface area contributed by atoms with Crippen molar-refractivity contribution in [1.29, 1.82) is 0 Å². The first kappa shape index (κ1) is 31.7. The van der Waals surface area contributed by atoms with Gasteiger partial charge in [0.05, 0.1) is 22.2 Å². The van der Waals surface area contributed by atoms with Gasteiger partial charge in [-0.2, -0.15) is 0 Å².